The molecular formula is C20H21N3O2. The second kappa shape index (κ2) is 7.45. The van der Waals surface area contributed by atoms with E-state index in [9.17, 15) is 10.1 Å². The lowest BCUT2D eigenvalue weighted by Crippen LogP contribution is -2.37. The fraction of sp³-hybridized carbons (Fsp3) is 0.350. The predicted octanol–water partition coefficient (Wildman–Crippen LogP) is 3.20. The minimum atomic E-state index is -0.217. The highest BCUT2D eigenvalue weighted by molar-refractivity contribution is 6.05. The SMILES string of the molecule is CC(C)C(=O)C(C#N)=Cc1cc2ccccc2nc1N1CCOCC1. The number of morpholine rings is 1. The summed E-state index contributed by atoms with van der Waals surface area (Å²) in [5, 5.41) is 10.4. The Morgan fingerprint density at radius 2 is 2.04 bits per heavy atom. The van der Waals surface area contributed by atoms with Crippen LogP contribution in [0.15, 0.2) is 35.9 Å². The molecule has 25 heavy (non-hydrogen) atoms. The smallest absolute Gasteiger partial charge is 0.175 e. The predicted molar refractivity (Wildman–Crippen MR) is 98.2 cm³/mol. The summed E-state index contributed by atoms with van der Waals surface area (Å²) in [4.78, 5) is 19.2. The number of Topliss-reactive ketones (excluding diaryl/α,β-unsaturated/α-hetero) is 1. The van der Waals surface area contributed by atoms with E-state index >= 15 is 0 Å². The summed E-state index contributed by atoms with van der Waals surface area (Å²) < 4.78 is 5.43. The molecule has 1 aromatic heterocycles. The van der Waals surface area contributed by atoms with Gasteiger partial charge in [-0.3, -0.25) is 4.79 Å². The number of ketones is 1. The van der Waals surface area contributed by atoms with Crippen LogP contribution in [0, 0.1) is 17.2 Å². The standard InChI is InChI=1S/C20H21N3O2/c1-14(2)19(24)17(13-21)12-16-11-15-5-3-4-6-18(15)22-20(16)23-7-9-25-10-8-23/h3-6,11-12,14H,7-10H2,1-2H3. The molecule has 128 valence electrons. The molecule has 3 rings (SSSR count). The van der Waals surface area contributed by atoms with Gasteiger partial charge in [-0.15, -0.1) is 0 Å². The molecule has 1 aliphatic rings. The first-order chi connectivity index (χ1) is 12.1. The van der Waals surface area contributed by atoms with Crippen LogP contribution >= 0.6 is 0 Å². The van der Waals surface area contributed by atoms with Crippen molar-refractivity contribution in [2.75, 3.05) is 31.2 Å². The molecule has 0 N–H and O–H groups in total. The maximum absolute atomic E-state index is 12.3. The quantitative estimate of drug-likeness (QED) is 0.634. The van der Waals surface area contributed by atoms with E-state index in [2.05, 4.69) is 11.0 Å². The number of fused-ring (bicyclic) bond motifs is 1. The Labute approximate surface area is 147 Å². The Hall–Kier alpha value is -2.71. The number of pyridine rings is 1. The van der Waals surface area contributed by atoms with Gasteiger partial charge < -0.3 is 9.64 Å². The van der Waals surface area contributed by atoms with Crippen LogP contribution in [0.5, 0.6) is 0 Å². The number of para-hydroxylation sites is 1. The van der Waals surface area contributed by atoms with Gasteiger partial charge in [0.1, 0.15) is 11.9 Å². The number of anilines is 1. The highest BCUT2D eigenvalue weighted by atomic mass is 16.5. The van der Waals surface area contributed by atoms with Crippen molar-refractivity contribution in [1.29, 1.82) is 5.26 Å². The summed E-state index contributed by atoms with van der Waals surface area (Å²) in [7, 11) is 0. The van der Waals surface area contributed by atoms with Crippen molar-refractivity contribution in [3.63, 3.8) is 0 Å². The van der Waals surface area contributed by atoms with Crippen LogP contribution in [0.3, 0.4) is 0 Å². The van der Waals surface area contributed by atoms with Crippen molar-refractivity contribution in [3.05, 3.63) is 41.5 Å². The molecule has 2 heterocycles. The Morgan fingerprint density at radius 1 is 1.32 bits per heavy atom. The molecule has 0 radical (unpaired) electrons. The second-order valence-corrected chi connectivity index (χ2v) is 6.38. The molecule has 1 saturated heterocycles. The summed E-state index contributed by atoms with van der Waals surface area (Å²) in [6.45, 7) is 6.38. The molecule has 0 aliphatic carbocycles. The molecule has 0 saturated carbocycles. The van der Waals surface area contributed by atoms with Crippen molar-refractivity contribution >= 4 is 28.6 Å². The zero-order chi connectivity index (χ0) is 17.8. The van der Waals surface area contributed by atoms with E-state index in [0.29, 0.717) is 13.2 Å². The number of hydrogen-bond acceptors (Lipinski definition) is 5. The van der Waals surface area contributed by atoms with E-state index in [-0.39, 0.29) is 17.3 Å². The molecule has 0 bridgehead atoms. The monoisotopic (exact) mass is 335 g/mol. The van der Waals surface area contributed by atoms with Gasteiger partial charge >= 0.3 is 0 Å². The average Bonchev–Trinajstić information content (AvgIpc) is 2.65. The van der Waals surface area contributed by atoms with Gasteiger partial charge in [0.05, 0.1) is 24.3 Å². The Balaban J connectivity index is 2.14. The maximum atomic E-state index is 12.3. The van der Waals surface area contributed by atoms with E-state index < -0.39 is 0 Å². The first-order valence-corrected chi connectivity index (χ1v) is 8.48. The largest absolute Gasteiger partial charge is 0.378 e. The summed E-state index contributed by atoms with van der Waals surface area (Å²) in [6, 6.07) is 11.9. The van der Waals surface area contributed by atoms with Crippen LogP contribution in [-0.2, 0) is 9.53 Å². The molecular weight excluding hydrogens is 314 g/mol. The van der Waals surface area contributed by atoms with Crippen LogP contribution in [0.1, 0.15) is 19.4 Å². The summed E-state index contributed by atoms with van der Waals surface area (Å²) in [5.41, 5.74) is 1.86. The van der Waals surface area contributed by atoms with E-state index in [1.54, 1.807) is 19.9 Å². The molecule has 5 nitrogen and oxygen atoms in total. The summed E-state index contributed by atoms with van der Waals surface area (Å²) in [6.07, 6.45) is 1.67. The van der Waals surface area contributed by atoms with Crippen molar-refractivity contribution in [3.8, 4) is 6.07 Å². The molecule has 2 aromatic rings. The topological polar surface area (TPSA) is 66.2 Å². The lowest BCUT2D eigenvalue weighted by atomic mass is 9.99. The van der Waals surface area contributed by atoms with Crippen molar-refractivity contribution in [1.82, 2.24) is 4.98 Å². The number of carbonyl (C=O) groups excluding carboxylic acids is 1. The van der Waals surface area contributed by atoms with Gasteiger partial charge in [0.15, 0.2) is 5.78 Å². The van der Waals surface area contributed by atoms with Gasteiger partial charge in [0, 0.05) is 30.0 Å². The van der Waals surface area contributed by atoms with Gasteiger partial charge in [-0.1, -0.05) is 32.0 Å². The van der Waals surface area contributed by atoms with E-state index in [1.807, 2.05) is 30.3 Å². The molecule has 1 aromatic carbocycles. The molecule has 1 aliphatic heterocycles. The van der Waals surface area contributed by atoms with Crippen LogP contribution < -0.4 is 4.90 Å². The molecule has 0 spiro atoms. The normalized spacial score (nSPS) is 15.4. The highest BCUT2D eigenvalue weighted by Gasteiger charge is 2.19. The van der Waals surface area contributed by atoms with Crippen LogP contribution in [0.25, 0.3) is 17.0 Å². The minimum absolute atomic E-state index is 0.149. The molecule has 0 atom stereocenters. The minimum Gasteiger partial charge on any atom is -0.378 e. The van der Waals surface area contributed by atoms with Crippen LogP contribution in [0.2, 0.25) is 0 Å². The summed E-state index contributed by atoms with van der Waals surface area (Å²) >= 11 is 0. The number of nitriles is 1. The van der Waals surface area contributed by atoms with Gasteiger partial charge in [-0.25, -0.2) is 4.98 Å². The van der Waals surface area contributed by atoms with E-state index in [4.69, 9.17) is 9.72 Å². The zero-order valence-electron chi connectivity index (χ0n) is 14.5. The number of allylic oxidation sites excluding steroid dienone is 1. The third-order valence-electron chi connectivity index (χ3n) is 4.25. The zero-order valence-corrected chi connectivity index (χ0v) is 14.5. The molecule has 0 amide bonds. The average molecular weight is 335 g/mol. The summed E-state index contributed by atoms with van der Waals surface area (Å²) in [5.74, 6) is 0.432. The lowest BCUT2D eigenvalue weighted by Gasteiger charge is -2.29. The van der Waals surface area contributed by atoms with Crippen LogP contribution in [0.4, 0.5) is 5.82 Å². The Bertz CT molecular complexity index is 859. The molecule has 0 unspecified atom stereocenters. The van der Waals surface area contributed by atoms with Crippen molar-refractivity contribution < 1.29 is 9.53 Å². The number of benzene rings is 1. The van der Waals surface area contributed by atoms with Gasteiger partial charge in [0.2, 0.25) is 0 Å². The number of ether oxygens (including phenoxy) is 1. The number of hydrogen-bond donors (Lipinski definition) is 0. The first kappa shape index (κ1) is 17.1. The van der Waals surface area contributed by atoms with Crippen molar-refractivity contribution in [2.45, 2.75) is 13.8 Å². The number of rotatable bonds is 4. The first-order valence-electron chi connectivity index (χ1n) is 8.48. The number of aromatic nitrogens is 1. The molecule has 5 heteroatoms. The fourth-order valence-electron chi connectivity index (χ4n) is 2.88. The Morgan fingerprint density at radius 3 is 2.72 bits per heavy atom. The number of carbonyl (C=O) groups is 1. The van der Waals surface area contributed by atoms with E-state index in [0.717, 1.165) is 35.4 Å². The molecule has 1 fully saturated rings. The van der Waals surface area contributed by atoms with Gasteiger partial charge in [-0.2, -0.15) is 5.26 Å². The second-order valence-electron chi connectivity index (χ2n) is 6.38. The third-order valence-corrected chi connectivity index (χ3v) is 4.25. The highest BCUT2D eigenvalue weighted by Crippen LogP contribution is 2.27. The lowest BCUT2D eigenvalue weighted by molar-refractivity contribution is -0.117. The van der Waals surface area contributed by atoms with Gasteiger partial charge in [0.25, 0.3) is 0 Å². The van der Waals surface area contributed by atoms with E-state index in [1.165, 1.54) is 0 Å². The maximum Gasteiger partial charge on any atom is 0.175 e. The van der Waals surface area contributed by atoms with Crippen LogP contribution in [-0.4, -0.2) is 37.1 Å². The van der Waals surface area contributed by atoms with Gasteiger partial charge in [-0.05, 0) is 18.2 Å². The third kappa shape index (κ3) is 3.70. The fourth-order valence-corrected chi connectivity index (χ4v) is 2.88. The Kier molecular flexibility index (Phi) is 5.11. The van der Waals surface area contributed by atoms with Crippen molar-refractivity contribution in [2.24, 2.45) is 5.92 Å². The number of nitrogens with zero attached hydrogens (tertiary/aromatic N) is 3.